The minimum atomic E-state index is -4.39. The van der Waals surface area contributed by atoms with Crippen molar-refractivity contribution in [1.29, 1.82) is 0 Å². The fraction of sp³-hybridized carbons (Fsp3) is 0.350. The van der Waals surface area contributed by atoms with Crippen LogP contribution in [0.25, 0.3) is 6.08 Å². The number of carbonyl (C=O) groups excluding carboxylic acids is 1. The van der Waals surface area contributed by atoms with E-state index >= 15 is 0 Å². The third kappa shape index (κ3) is 4.33. The maximum absolute atomic E-state index is 12.6. The van der Waals surface area contributed by atoms with E-state index in [1.165, 1.54) is 12.1 Å². The Labute approximate surface area is 165 Å². The fourth-order valence-corrected chi connectivity index (χ4v) is 3.63. The summed E-state index contributed by atoms with van der Waals surface area (Å²) in [6.07, 6.45) is 3.64. The lowest BCUT2D eigenvalue weighted by atomic mass is 10.0. The van der Waals surface area contributed by atoms with Crippen LogP contribution in [0.3, 0.4) is 0 Å². The highest BCUT2D eigenvalue weighted by Gasteiger charge is 2.30. The van der Waals surface area contributed by atoms with Gasteiger partial charge in [0.05, 0.1) is 11.3 Å². The fourth-order valence-electron chi connectivity index (χ4n) is 3.63. The number of anilines is 2. The molecule has 0 unspecified atom stereocenters. The van der Waals surface area contributed by atoms with E-state index in [0.717, 1.165) is 61.6 Å². The number of rotatable bonds is 3. The standard InChI is InChI=1S/C20H20F3N5O/c21-20(22,23)13-4-6-14(7-5-13)26-19(29)27-15-8-10-28(11-9-15)18-16-2-1-3-17(16)24-12-25-18/h1-2,4-7,12,15H,3,8-11H2,(H2,26,27,29). The van der Waals surface area contributed by atoms with Crippen molar-refractivity contribution in [3.05, 3.63) is 53.5 Å². The van der Waals surface area contributed by atoms with Gasteiger partial charge in [-0.15, -0.1) is 0 Å². The summed E-state index contributed by atoms with van der Waals surface area (Å²) in [5.74, 6) is 0.927. The molecule has 2 amide bonds. The topological polar surface area (TPSA) is 70.2 Å². The van der Waals surface area contributed by atoms with E-state index in [1.807, 2.05) is 6.08 Å². The molecule has 2 aliphatic rings. The lowest BCUT2D eigenvalue weighted by molar-refractivity contribution is -0.137. The first-order valence-electron chi connectivity index (χ1n) is 9.40. The highest BCUT2D eigenvalue weighted by Crippen LogP contribution is 2.30. The van der Waals surface area contributed by atoms with E-state index in [4.69, 9.17) is 0 Å². The van der Waals surface area contributed by atoms with E-state index in [9.17, 15) is 18.0 Å². The normalized spacial score (nSPS) is 16.6. The number of alkyl halides is 3. The maximum Gasteiger partial charge on any atom is 0.416 e. The predicted octanol–water partition coefficient (Wildman–Crippen LogP) is 3.86. The molecule has 0 saturated carbocycles. The molecule has 4 rings (SSSR count). The number of allylic oxidation sites excluding steroid dienone is 1. The number of nitrogens with zero attached hydrogens (tertiary/aromatic N) is 3. The van der Waals surface area contributed by atoms with Crippen molar-refractivity contribution in [2.45, 2.75) is 31.5 Å². The van der Waals surface area contributed by atoms with Crippen molar-refractivity contribution in [3.8, 4) is 0 Å². The number of piperidine rings is 1. The second-order valence-electron chi connectivity index (χ2n) is 7.10. The minimum absolute atomic E-state index is 0.00822. The molecule has 1 fully saturated rings. The van der Waals surface area contributed by atoms with Gasteiger partial charge in [-0.3, -0.25) is 0 Å². The van der Waals surface area contributed by atoms with Gasteiger partial charge in [-0.1, -0.05) is 12.2 Å². The number of amides is 2. The molecule has 152 valence electrons. The van der Waals surface area contributed by atoms with Crippen molar-refractivity contribution in [3.63, 3.8) is 0 Å². The smallest absolute Gasteiger partial charge is 0.356 e. The number of hydrogen-bond acceptors (Lipinski definition) is 4. The largest absolute Gasteiger partial charge is 0.416 e. The van der Waals surface area contributed by atoms with Crippen LogP contribution in [-0.2, 0) is 12.6 Å². The number of carbonyl (C=O) groups is 1. The van der Waals surface area contributed by atoms with Crippen molar-refractivity contribution >= 4 is 23.6 Å². The van der Waals surface area contributed by atoms with Crippen LogP contribution in [0.5, 0.6) is 0 Å². The van der Waals surface area contributed by atoms with Crippen molar-refractivity contribution < 1.29 is 18.0 Å². The molecule has 1 aliphatic carbocycles. The molecular formula is C20H20F3N5O. The molecule has 9 heteroatoms. The summed E-state index contributed by atoms with van der Waals surface area (Å²) in [6, 6.07) is 3.95. The Balaban J connectivity index is 1.29. The molecule has 0 bridgehead atoms. The van der Waals surface area contributed by atoms with Crippen LogP contribution in [0, 0.1) is 0 Å². The van der Waals surface area contributed by atoms with Gasteiger partial charge in [-0.25, -0.2) is 14.8 Å². The van der Waals surface area contributed by atoms with Gasteiger partial charge in [0.25, 0.3) is 0 Å². The van der Waals surface area contributed by atoms with Crippen LogP contribution in [0.15, 0.2) is 36.7 Å². The number of urea groups is 1. The van der Waals surface area contributed by atoms with Crippen LogP contribution >= 0.6 is 0 Å². The van der Waals surface area contributed by atoms with Gasteiger partial charge in [-0.2, -0.15) is 13.2 Å². The summed E-state index contributed by atoms with van der Waals surface area (Å²) in [7, 11) is 0. The monoisotopic (exact) mass is 403 g/mol. The van der Waals surface area contributed by atoms with Crippen LogP contribution < -0.4 is 15.5 Å². The lowest BCUT2D eigenvalue weighted by Gasteiger charge is -2.33. The molecule has 2 aromatic rings. The Bertz CT molecular complexity index is 919. The molecule has 6 nitrogen and oxygen atoms in total. The van der Waals surface area contributed by atoms with Crippen LogP contribution in [-0.4, -0.2) is 35.1 Å². The third-order valence-electron chi connectivity index (χ3n) is 5.14. The van der Waals surface area contributed by atoms with Crippen LogP contribution in [0.4, 0.5) is 29.5 Å². The zero-order chi connectivity index (χ0) is 20.4. The predicted molar refractivity (Wildman–Crippen MR) is 104 cm³/mol. The average Bonchev–Trinajstić information content (AvgIpc) is 3.17. The van der Waals surface area contributed by atoms with Gasteiger partial charge >= 0.3 is 12.2 Å². The Hall–Kier alpha value is -3.10. The molecular weight excluding hydrogens is 383 g/mol. The Morgan fingerprint density at radius 3 is 2.52 bits per heavy atom. The molecule has 29 heavy (non-hydrogen) atoms. The Morgan fingerprint density at radius 2 is 1.83 bits per heavy atom. The van der Waals surface area contributed by atoms with E-state index in [1.54, 1.807) is 6.33 Å². The number of hydrogen-bond donors (Lipinski definition) is 2. The van der Waals surface area contributed by atoms with E-state index < -0.39 is 17.8 Å². The number of nitrogens with one attached hydrogen (secondary N) is 2. The first-order chi connectivity index (χ1) is 13.9. The molecule has 0 spiro atoms. The molecule has 1 aromatic heterocycles. The van der Waals surface area contributed by atoms with Crippen molar-refractivity contribution in [2.75, 3.05) is 23.3 Å². The van der Waals surface area contributed by atoms with E-state index in [-0.39, 0.29) is 6.04 Å². The van der Waals surface area contributed by atoms with E-state index in [0.29, 0.717) is 5.69 Å². The van der Waals surface area contributed by atoms with Crippen molar-refractivity contribution in [1.82, 2.24) is 15.3 Å². The van der Waals surface area contributed by atoms with Gasteiger partial charge in [-0.05, 0) is 37.1 Å². The van der Waals surface area contributed by atoms with Gasteiger partial charge < -0.3 is 15.5 Å². The molecule has 1 saturated heterocycles. The summed E-state index contributed by atoms with van der Waals surface area (Å²) in [6.45, 7) is 1.50. The SMILES string of the molecule is O=C(Nc1ccc(C(F)(F)F)cc1)NC1CCN(c2ncnc3c2C=CC3)CC1. The highest BCUT2D eigenvalue weighted by molar-refractivity contribution is 5.89. The second-order valence-corrected chi connectivity index (χ2v) is 7.10. The van der Waals surface area contributed by atoms with Crippen LogP contribution in [0.1, 0.15) is 29.7 Å². The Morgan fingerprint density at radius 1 is 1.10 bits per heavy atom. The van der Waals surface area contributed by atoms with Crippen molar-refractivity contribution in [2.24, 2.45) is 0 Å². The number of fused-ring (bicyclic) bond motifs is 1. The minimum Gasteiger partial charge on any atom is -0.356 e. The average molecular weight is 403 g/mol. The van der Waals surface area contributed by atoms with E-state index in [2.05, 4.69) is 31.6 Å². The zero-order valence-corrected chi connectivity index (χ0v) is 15.5. The van der Waals surface area contributed by atoms with Gasteiger partial charge in [0.1, 0.15) is 12.1 Å². The molecule has 0 radical (unpaired) electrons. The molecule has 1 aliphatic heterocycles. The highest BCUT2D eigenvalue weighted by atomic mass is 19.4. The summed E-state index contributed by atoms with van der Waals surface area (Å²) >= 11 is 0. The Kier molecular flexibility index (Phi) is 5.12. The molecule has 2 heterocycles. The molecule has 0 atom stereocenters. The second kappa shape index (κ2) is 7.73. The number of halogens is 3. The summed E-state index contributed by atoms with van der Waals surface area (Å²) in [4.78, 5) is 23.1. The van der Waals surface area contributed by atoms with Gasteiger partial charge in [0.15, 0.2) is 0 Å². The summed E-state index contributed by atoms with van der Waals surface area (Å²) in [5.41, 5.74) is 1.67. The first kappa shape index (κ1) is 19.2. The molecule has 2 N–H and O–H groups in total. The third-order valence-corrected chi connectivity index (χ3v) is 5.14. The van der Waals surface area contributed by atoms with Gasteiger partial charge in [0.2, 0.25) is 0 Å². The quantitative estimate of drug-likeness (QED) is 0.817. The summed E-state index contributed by atoms with van der Waals surface area (Å²) in [5, 5.41) is 5.47. The number of benzene rings is 1. The first-order valence-corrected chi connectivity index (χ1v) is 9.40. The summed E-state index contributed by atoms with van der Waals surface area (Å²) < 4.78 is 37.8. The maximum atomic E-state index is 12.6. The zero-order valence-electron chi connectivity index (χ0n) is 15.5. The lowest BCUT2D eigenvalue weighted by Crippen LogP contribution is -2.46. The van der Waals surface area contributed by atoms with Crippen LogP contribution in [0.2, 0.25) is 0 Å². The number of aromatic nitrogens is 2. The molecule has 1 aromatic carbocycles. The van der Waals surface area contributed by atoms with Gasteiger partial charge in [0, 0.05) is 36.8 Å².